The molecule has 3 rings (SSSR count). The van der Waals surface area contributed by atoms with Crippen molar-refractivity contribution >= 4 is 35.4 Å². The number of anilines is 1. The van der Waals surface area contributed by atoms with Gasteiger partial charge in [-0.25, -0.2) is 14.5 Å². The molecular weight excluding hydrogens is 390 g/mol. The summed E-state index contributed by atoms with van der Waals surface area (Å²) in [5, 5.41) is 1.80. The minimum absolute atomic E-state index is 0.0172. The van der Waals surface area contributed by atoms with Crippen molar-refractivity contribution < 1.29 is 28.7 Å². The molecule has 1 heterocycles. The lowest BCUT2D eigenvalue weighted by molar-refractivity contribution is -0.127. The lowest BCUT2D eigenvalue weighted by Gasteiger charge is -2.17. The Morgan fingerprint density at radius 1 is 1.00 bits per heavy atom. The van der Waals surface area contributed by atoms with Gasteiger partial charge in [-0.2, -0.15) is 0 Å². The number of carbonyl (C=O) groups is 5. The highest BCUT2D eigenvalue weighted by Gasteiger charge is 2.38. The predicted molar refractivity (Wildman–Crippen MR) is 106 cm³/mol. The maximum absolute atomic E-state index is 12.9. The van der Waals surface area contributed by atoms with E-state index in [0.29, 0.717) is 5.69 Å². The number of benzene rings is 2. The first-order valence-electron chi connectivity index (χ1n) is 9.01. The van der Waals surface area contributed by atoms with Gasteiger partial charge in [0, 0.05) is 0 Å². The molecule has 9 nitrogen and oxygen atoms in total. The molecule has 2 aromatic rings. The molecule has 0 unspecified atom stereocenters. The Hall–Kier alpha value is -4.01. The number of amides is 5. The number of primary amides is 1. The van der Waals surface area contributed by atoms with Crippen LogP contribution in [0.4, 0.5) is 10.5 Å². The van der Waals surface area contributed by atoms with Gasteiger partial charge in [0.1, 0.15) is 0 Å². The SMILES string of the molecule is Cc1ccc(C)c(N2C(=O)c3ccc(C(=O)O[C@H](C)C(=O)NC(N)=O)cc3C2=O)c1. The van der Waals surface area contributed by atoms with E-state index in [9.17, 15) is 24.0 Å². The number of nitrogens with two attached hydrogens (primary N) is 1. The molecule has 30 heavy (non-hydrogen) atoms. The second-order valence-electron chi connectivity index (χ2n) is 6.90. The molecule has 0 bridgehead atoms. The molecule has 5 amide bonds. The molecule has 154 valence electrons. The maximum atomic E-state index is 12.9. The van der Waals surface area contributed by atoms with Crippen molar-refractivity contribution in [2.24, 2.45) is 5.73 Å². The van der Waals surface area contributed by atoms with Gasteiger partial charge in [0.05, 0.1) is 22.4 Å². The molecule has 3 N–H and O–H groups in total. The molecule has 1 atom stereocenters. The van der Waals surface area contributed by atoms with Crippen LogP contribution in [0.5, 0.6) is 0 Å². The molecule has 1 aliphatic rings. The summed E-state index contributed by atoms with van der Waals surface area (Å²) in [6.45, 7) is 4.91. The average molecular weight is 409 g/mol. The van der Waals surface area contributed by atoms with Gasteiger partial charge in [-0.1, -0.05) is 12.1 Å². The zero-order valence-electron chi connectivity index (χ0n) is 16.5. The third kappa shape index (κ3) is 3.77. The van der Waals surface area contributed by atoms with E-state index in [-0.39, 0.29) is 16.7 Å². The van der Waals surface area contributed by atoms with Gasteiger partial charge in [-0.05, 0) is 56.2 Å². The fourth-order valence-corrected chi connectivity index (χ4v) is 3.05. The Morgan fingerprint density at radius 3 is 2.33 bits per heavy atom. The minimum atomic E-state index is -1.29. The van der Waals surface area contributed by atoms with Crippen LogP contribution in [-0.4, -0.2) is 35.8 Å². The lowest BCUT2D eigenvalue weighted by Crippen LogP contribution is -2.42. The Kier molecular flexibility index (Phi) is 5.37. The number of esters is 1. The molecule has 0 aromatic heterocycles. The highest BCUT2D eigenvalue weighted by atomic mass is 16.5. The number of ether oxygens (including phenoxy) is 1. The molecule has 2 aromatic carbocycles. The number of hydrogen-bond acceptors (Lipinski definition) is 6. The monoisotopic (exact) mass is 409 g/mol. The van der Waals surface area contributed by atoms with E-state index in [1.165, 1.54) is 25.1 Å². The van der Waals surface area contributed by atoms with E-state index in [1.807, 2.05) is 19.1 Å². The number of carbonyl (C=O) groups excluding carboxylic acids is 5. The fourth-order valence-electron chi connectivity index (χ4n) is 3.05. The van der Waals surface area contributed by atoms with Crippen LogP contribution in [0.3, 0.4) is 0 Å². The van der Waals surface area contributed by atoms with Crippen molar-refractivity contribution in [2.75, 3.05) is 4.90 Å². The number of hydrogen-bond donors (Lipinski definition) is 2. The van der Waals surface area contributed by atoms with Crippen molar-refractivity contribution in [3.8, 4) is 0 Å². The van der Waals surface area contributed by atoms with Crippen LogP contribution in [0.15, 0.2) is 36.4 Å². The summed E-state index contributed by atoms with van der Waals surface area (Å²) in [7, 11) is 0. The number of fused-ring (bicyclic) bond motifs is 1. The summed E-state index contributed by atoms with van der Waals surface area (Å²) in [4.78, 5) is 61.6. The Bertz CT molecular complexity index is 1110. The zero-order valence-corrected chi connectivity index (χ0v) is 16.5. The summed E-state index contributed by atoms with van der Waals surface area (Å²) >= 11 is 0. The average Bonchev–Trinajstić information content (AvgIpc) is 2.93. The number of rotatable bonds is 4. The van der Waals surface area contributed by atoms with Crippen molar-refractivity contribution in [1.82, 2.24) is 5.32 Å². The zero-order chi connectivity index (χ0) is 22.2. The Morgan fingerprint density at radius 2 is 1.67 bits per heavy atom. The van der Waals surface area contributed by atoms with Crippen molar-refractivity contribution in [3.05, 3.63) is 64.2 Å². The third-order valence-electron chi connectivity index (χ3n) is 4.63. The van der Waals surface area contributed by atoms with Crippen LogP contribution in [-0.2, 0) is 9.53 Å². The van der Waals surface area contributed by atoms with E-state index >= 15 is 0 Å². The Balaban J connectivity index is 1.86. The van der Waals surface area contributed by atoms with Gasteiger partial charge in [0.25, 0.3) is 17.7 Å². The summed E-state index contributed by atoms with van der Waals surface area (Å²) in [5.41, 5.74) is 7.18. The van der Waals surface area contributed by atoms with Crippen LogP contribution in [0.25, 0.3) is 0 Å². The van der Waals surface area contributed by atoms with Gasteiger partial charge in [-0.3, -0.25) is 19.7 Å². The second-order valence-corrected chi connectivity index (χ2v) is 6.90. The first-order chi connectivity index (χ1) is 14.1. The molecule has 0 saturated carbocycles. The number of imide groups is 2. The number of nitrogens with zero attached hydrogens (tertiary/aromatic N) is 1. The summed E-state index contributed by atoms with van der Waals surface area (Å²) in [6.07, 6.45) is -1.29. The van der Waals surface area contributed by atoms with Gasteiger partial charge < -0.3 is 10.5 Å². The molecule has 0 saturated heterocycles. The molecule has 0 radical (unpaired) electrons. The largest absolute Gasteiger partial charge is 0.449 e. The summed E-state index contributed by atoms with van der Waals surface area (Å²) in [5.74, 6) is -2.82. The van der Waals surface area contributed by atoms with Gasteiger partial charge in [0.15, 0.2) is 6.10 Å². The first-order valence-corrected chi connectivity index (χ1v) is 9.01. The van der Waals surface area contributed by atoms with Crippen LogP contribution in [0.2, 0.25) is 0 Å². The number of urea groups is 1. The van der Waals surface area contributed by atoms with Crippen LogP contribution in [0.1, 0.15) is 49.1 Å². The highest BCUT2D eigenvalue weighted by Crippen LogP contribution is 2.31. The van der Waals surface area contributed by atoms with Crippen molar-refractivity contribution in [1.29, 1.82) is 0 Å². The molecule has 0 fully saturated rings. The standard InChI is InChI=1S/C21H19N3O6/c1-10-4-5-11(2)16(8-10)24-18(26)14-7-6-13(9-15(14)19(24)27)20(28)30-12(3)17(25)23-21(22)29/h4-9,12H,1-3H3,(H3,22,23,25,29)/t12-/m1/s1. The van der Waals surface area contributed by atoms with Crippen molar-refractivity contribution in [3.63, 3.8) is 0 Å². The predicted octanol–water partition coefficient (Wildman–Crippen LogP) is 1.84. The van der Waals surface area contributed by atoms with E-state index in [2.05, 4.69) is 0 Å². The summed E-state index contributed by atoms with van der Waals surface area (Å²) in [6, 6.07) is 8.31. The molecule has 0 aliphatic carbocycles. The minimum Gasteiger partial charge on any atom is -0.449 e. The van der Waals surface area contributed by atoms with Gasteiger partial charge in [-0.15, -0.1) is 0 Å². The Labute approximate surface area is 171 Å². The van der Waals surface area contributed by atoms with E-state index in [0.717, 1.165) is 16.0 Å². The summed E-state index contributed by atoms with van der Waals surface area (Å²) < 4.78 is 5.00. The highest BCUT2D eigenvalue weighted by molar-refractivity contribution is 6.35. The maximum Gasteiger partial charge on any atom is 0.338 e. The fraction of sp³-hybridized carbons (Fsp3) is 0.190. The van der Waals surface area contributed by atoms with E-state index in [1.54, 1.807) is 18.3 Å². The quantitative estimate of drug-likeness (QED) is 0.584. The molecule has 9 heteroatoms. The van der Waals surface area contributed by atoms with Gasteiger partial charge in [0.2, 0.25) is 0 Å². The number of nitrogens with one attached hydrogen (secondary N) is 1. The van der Waals surface area contributed by atoms with Crippen LogP contribution < -0.4 is 16.0 Å². The van der Waals surface area contributed by atoms with Crippen LogP contribution >= 0.6 is 0 Å². The first kappa shape index (κ1) is 20.7. The van der Waals surface area contributed by atoms with Crippen molar-refractivity contribution in [2.45, 2.75) is 26.9 Å². The number of aryl methyl sites for hydroxylation is 2. The smallest absolute Gasteiger partial charge is 0.338 e. The van der Waals surface area contributed by atoms with E-state index < -0.39 is 35.8 Å². The topological polar surface area (TPSA) is 136 Å². The lowest BCUT2D eigenvalue weighted by atomic mass is 10.1. The molecule has 0 spiro atoms. The normalized spacial score (nSPS) is 13.6. The van der Waals surface area contributed by atoms with E-state index in [4.69, 9.17) is 10.5 Å². The molecular formula is C21H19N3O6. The van der Waals surface area contributed by atoms with Gasteiger partial charge >= 0.3 is 12.0 Å². The molecule has 1 aliphatic heterocycles. The van der Waals surface area contributed by atoms with Crippen LogP contribution in [0, 0.1) is 13.8 Å². The third-order valence-corrected chi connectivity index (χ3v) is 4.63. The second kappa shape index (κ2) is 7.78.